The van der Waals surface area contributed by atoms with Gasteiger partial charge < -0.3 is 9.80 Å². The van der Waals surface area contributed by atoms with Crippen LogP contribution in [0.2, 0.25) is 5.02 Å². The van der Waals surface area contributed by atoms with E-state index in [2.05, 4.69) is 31.9 Å². The molecule has 0 unspecified atom stereocenters. The second-order valence-electron chi connectivity index (χ2n) is 6.86. The second kappa shape index (κ2) is 7.17. The maximum atomic E-state index is 13.2. The van der Waals surface area contributed by atoms with Crippen molar-refractivity contribution >= 4 is 44.8 Å². The number of anilines is 1. The SMILES string of the molecule is Cc1cc(Br)c2nc(C)c(C(=O)N3CCN(c4cccc(Cl)c4)CC3)n2c1. The Labute approximate surface area is 171 Å². The van der Waals surface area contributed by atoms with Gasteiger partial charge in [-0.15, -0.1) is 0 Å². The number of carbonyl (C=O) groups excluding carboxylic acids is 1. The van der Waals surface area contributed by atoms with Crippen LogP contribution in [0.15, 0.2) is 41.0 Å². The fourth-order valence-electron chi connectivity index (χ4n) is 3.59. The van der Waals surface area contributed by atoms with Crippen LogP contribution in [0.3, 0.4) is 0 Å². The van der Waals surface area contributed by atoms with Crippen LogP contribution in [0, 0.1) is 13.8 Å². The van der Waals surface area contributed by atoms with E-state index in [-0.39, 0.29) is 5.91 Å². The highest BCUT2D eigenvalue weighted by atomic mass is 79.9. The van der Waals surface area contributed by atoms with Crippen molar-refractivity contribution in [2.75, 3.05) is 31.1 Å². The number of amides is 1. The molecule has 0 aliphatic carbocycles. The predicted molar refractivity (Wildman–Crippen MR) is 112 cm³/mol. The largest absolute Gasteiger partial charge is 0.368 e. The predicted octanol–water partition coefficient (Wildman–Crippen LogP) is 4.33. The molecule has 1 aromatic carbocycles. The second-order valence-corrected chi connectivity index (χ2v) is 8.15. The minimum atomic E-state index is 0.0308. The van der Waals surface area contributed by atoms with Gasteiger partial charge in [-0.3, -0.25) is 9.20 Å². The number of piperazine rings is 1. The van der Waals surface area contributed by atoms with Gasteiger partial charge in [0.1, 0.15) is 5.69 Å². The smallest absolute Gasteiger partial charge is 0.272 e. The molecule has 3 heterocycles. The highest BCUT2D eigenvalue weighted by Gasteiger charge is 2.27. The molecule has 0 saturated carbocycles. The number of fused-ring (bicyclic) bond motifs is 1. The van der Waals surface area contributed by atoms with Crippen molar-refractivity contribution < 1.29 is 4.79 Å². The number of imidazole rings is 1. The summed E-state index contributed by atoms with van der Waals surface area (Å²) >= 11 is 9.66. The van der Waals surface area contributed by atoms with Crippen molar-refractivity contribution in [1.82, 2.24) is 14.3 Å². The zero-order valence-corrected chi connectivity index (χ0v) is 17.6. The first-order valence-electron chi connectivity index (χ1n) is 8.88. The van der Waals surface area contributed by atoms with Crippen molar-refractivity contribution in [3.8, 4) is 0 Å². The number of halogens is 2. The molecule has 5 nitrogen and oxygen atoms in total. The van der Waals surface area contributed by atoms with Crippen LogP contribution in [0.4, 0.5) is 5.69 Å². The van der Waals surface area contributed by atoms with Gasteiger partial charge in [-0.05, 0) is 59.6 Å². The Hall–Kier alpha value is -2.05. The lowest BCUT2D eigenvalue weighted by atomic mass is 10.2. The van der Waals surface area contributed by atoms with Gasteiger partial charge in [0.05, 0.1) is 10.2 Å². The summed E-state index contributed by atoms with van der Waals surface area (Å²) in [5.41, 5.74) is 4.35. The van der Waals surface area contributed by atoms with Crippen LogP contribution in [0.1, 0.15) is 21.7 Å². The molecule has 2 aromatic heterocycles. The highest BCUT2D eigenvalue weighted by molar-refractivity contribution is 9.10. The topological polar surface area (TPSA) is 40.9 Å². The van der Waals surface area contributed by atoms with Crippen molar-refractivity contribution in [1.29, 1.82) is 0 Å². The van der Waals surface area contributed by atoms with Crippen LogP contribution in [0.5, 0.6) is 0 Å². The number of benzene rings is 1. The van der Waals surface area contributed by atoms with E-state index in [1.807, 2.05) is 53.6 Å². The van der Waals surface area contributed by atoms with Crippen LogP contribution >= 0.6 is 27.5 Å². The van der Waals surface area contributed by atoms with Crippen molar-refractivity contribution in [3.63, 3.8) is 0 Å². The minimum Gasteiger partial charge on any atom is -0.368 e. The Kier molecular flexibility index (Phi) is 4.86. The first kappa shape index (κ1) is 18.3. The van der Waals surface area contributed by atoms with Gasteiger partial charge >= 0.3 is 0 Å². The molecule has 1 aliphatic rings. The van der Waals surface area contributed by atoms with E-state index in [9.17, 15) is 4.79 Å². The summed E-state index contributed by atoms with van der Waals surface area (Å²) in [5, 5.41) is 0.730. The number of hydrogen-bond acceptors (Lipinski definition) is 3. The third kappa shape index (κ3) is 3.44. The molecule has 1 aliphatic heterocycles. The first-order chi connectivity index (χ1) is 12.9. The van der Waals surface area contributed by atoms with Crippen molar-refractivity contribution in [2.45, 2.75) is 13.8 Å². The molecule has 1 fully saturated rings. The lowest BCUT2D eigenvalue weighted by Crippen LogP contribution is -2.49. The van der Waals surface area contributed by atoms with E-state index in [1.165, 1.54) is 0 Å². The average Bonchev–Trinajstić information content (AvgIpc) is 2.97. The van der Waals surface area contributed by atoms with E-state index >= 15 is 0 Å². The summed E-state index contributed by atoms with van der Waals surface area (Å²) < 4.78 is 2.80. The Morgan fingerprint density at radius 2 is 1.89 bits per heavy atom. The number of pyridine rings is 1. The minimum absolute atomic E-state index is 0.0308. The summed E-state index contributed by atoms with van der Waals surface area (Å²) in [7, 11) is 0. The summed E-state index contributed by atoms with van der Waals surface area (Å²) in [6, 6.07) is 9.86. The number of carbonyl (C=O) groups is 1. The Balaban J connectivity index is 1.57. The lowest BCUT2D eigenvalue weighted by molar-refractivity contribution is 0.0739. The van der Waals surface area contributed by atoms with Crippen molar-refractivity contribution in [2.24, 2.45) is 0 Å². The van der Waals surface area contributed by atoms with Crippen LogP contribution < -0.4 is 4.90 Å². The maximum absolute atomic E-state index is 13.2. The molecular weight excluding hydrogens is 428 g/mol. The standard InChI is InChI=1S/C20H20BrClN4O/c1-13-10-17(21)19-23-14(2)18(26(19)12-13)20(27)25-8-6-24(7-9-25)16-5-3-4-15(22)11-16/h3-5,10-12H,6-9H2,1-2H3. The van der Waals surface area contributed by atoms with Gasteiger partial charge in [0, 0.05) is 43.1 Å². The molecule has 0 bridgehead atoms. The van der Waals surface area contributed by atoms with E-state index in [0.717, 1.165) is 45.2 Å². The molecule has 4 rings (SSSR count). The van der Waals surface area contributed by atoms with E-state index in [0.29, 0.717) is 18.8 Å². The molecule has 7 heteroatoms. The van der Waals surface area contributed by atoms with Gasteiger partial charge in [0.15, 0.2) is 5.65 Å². The van der Waals surface area contributed by atoms with Crippen LogP contribution in [-0.4, -0.2) is 46.4 Å². The highest BCUT2D eigenvalue weighted by Crippen LogP contribution is 2.25. The third-order valence-electron chi connectivity index (χ3n) is 4.93. The lowest BCUT2D eigenvalue weighted by Gasteiger charge is -2.36. The maximum Gasteiger partial charge on any atom is 0.272 e. The van der Waals surface area contributed by atoms with E-state index in [1.54, 1.807) is 0 Å². The Morgan fingerprint density at radius 1 is 1.15 bits per heavy atom. The normalized spacial score (nSPS) is 14.8. The van der Waals surface area contributed by atoms with Crippen LogP contribution in [0.25, 0.3) is 5.65 Å². The summed E-state index contributed by atoms with van der Waals surface area (Å²) in [6.07, 6.45) is 1.97. The average molecular weight is 448 g/mol. The van der Waals surface area contributed by atoms with Gasteiger partial charge in [0.25, 0.3) is 5.91 Å². The molecule has 0 radical (unpaired) electrons. The summed E-state index contributed by atoms with van der Waals surface area (Å²) in [6.45, 7) is 6.81. The molecule has 1 amide bonds. The summed E-state index contributed by atoms with van der Waals surface area (Å²) in [4.78, 5) is 22.0. The number of rotatable bonds is 2. The molecular formula is C20H20BrClN4O. The molecule has 27 heavy (non-hydrogen) atoms. The number of aromatic nitrogens is 2. The number of aryl methyl sites for hydroxylation is 2. The van der Waals surface area contributed by atoms with Gasteiger partial charge in [-0.1, -0.05) is 17.7 Å². The first-order valence-corrected chi connectivity index (χ1v) is 10.1. The Morgan fingerprint density at radius 3 is 2.59 bits per heavy atom. The van der Waals surface area contributed by atoms with Crippen LogP contribution in [-0.2, 0) is 0 Å². The molecule has 1 saturated heterocycles. The molecule has 3 aromatic rings. The zero-order chi connectivity index (χ0) is 19.1. The Bertz CT molecular complexity index is 1020. The monoisotopic (exact) mass is 446 g/mol. The van der Waals surface area contributed by atoms with Gasteiger partial charge in [0.2, 0.25) is 0 Å². The number of nitrogens with zero attached hydrogens (tertiary/aromatic N) is 4. The quantitative estimate of drug-likeness (QED) is 0.587. The third-order valence-corrected chi connectivity index (χ3v) is 5.75. The van der Waals surface area contributed by atoms with E-state index < -0.39 is 0 Å². The molecule has 0 atom stereocenters. The van der Waals surface area contributed by atoms with E-state index in [4.69, 9.17) is 11.6 Å². The molecule has 0 N–H and O–H groups in total. The zero-order valence-electron chi connectivity index (χ0n) is 15.2. The van der Waals surface area contributed by atoms with Crippen molar-refractivity contribution in [3.05, 3.63) is 63.0 Å². The fraction of sp³-hybridized carbons (Fsp3) is 0.300. The molecule has 140 valence electrons. The number of hydrogen-bond donors (Lipinski definition) is 0. The van der Waals surface area contributed by atoms with Gasteiger partial charge in [-0.2, -0.15) is 0 Å². The van der Waals surface area contributed by atoms with Gasteiger partial charge in [-0.25, -0.2) is 4.98 Å². The molecule has 0 spiro atoms. The summed E-state index contributed by atoms with van der Waals surface area (Å²) in [5.74, 6) is 0.0308. The fourth-order valence-corrected chi connectivity index (χ4v) is 4.42.